The number of rotatable bonds is 3. The highest BCUT2D eigenvalue weighted by Gasteiger charge is 2.00. The van der Waals surface area contributed by atoms with E-state index in [0.29, 0.717) is 5.56 Å². The van der Waals surface area contributed by atoms with Crippen LogP contribution in [0.15, 0.2) is 42.6 Å². The molecule has 0 spiro atoms. The average Bonchev–Trinajstić information content (AvgIpc) is 2.73. The van der Waals surface area contributed by atoms with E-state index in [-0.39, 0.29) is 5.78 Å². The van der Waals surface area contributed by atoms with Crippen molar-refractivity contribution in [3.05, 3.63) is 59.4 Å². The Morgan fingerprint density at radius 1 is 1.24 bits per heavy atom. The summed E-state index contributed by atoms with van der Waals surface area (Å²) in [5, 5.41) is 4.17. The molecule has 17 heavy (non-hydrogen) atoms. The number of allylic oxidation sites excluding steroid dienone is 1. The second kappa shape index (κ2) is 4.78. The standard InChI is InChI=1S/C14H14N2O/c1-11-3-5-12(6-4-11)14(17)8-7-13-9-10-16(2)15-13/h3-10H,1-2H3. The van der Waals surface area contributed by atoms with Crippen molar-refractivity contribution in [3.8, 4) is 0 Å². The molecular formula is C14H14N2O. The highest BCUT2D eigenvalue weighted by atomic mass is 16.1. The van der Waals surface area contributed by atoms with E-state index >= 15 is 0 Å². The first-order valence-electron chi connectivity index (χ1n) is 5.44. The molecule has 3 nitrogen and oxygen atoms in total. The van der Waals surface area contributed by atoms with Crippen molar-refractivity contribution in [1.29, 1.82) is 0 Å². The van der Waals surface area contributed by atoms with Crippen molar-refractivity contribution in [2.75, 3.05) is 0 Å². The van der Waals surface area contributed by atoms with Crippen LogP contribution in [-0.4, -0.2) is 15.6 Å². The van der Waals surface area contributed by atoms with Gasteiger partial charge in [0.05, 0.1) is 5.69 Å². The lowest BCUT2D eigenvalue weighted by molar-refractivity contribution is 0.104. The minimum atomic E-state index is -0.00402. The van der Waals surface area contributed by atoms with E-state index in [4.69, 9.17) is 0 Å². The monoisotopic (exact) mass is 226 g/mol. The molecule has 0 N–H and O–H groups in total. The summed E-state index contributed by atoms with van der Waals surface area (Å²) in [6.07, 6.45) is 5.12. The van der Waals surface area contributed by atoms with Gasteiger partial charge in [-0.1, -0.05) is 29.8 Å². The van der Waals surface area contributed by atoms with Crippen molar-refractivity contribution < 1.29 is 4.79 Å². The molecule has 0 aliphatic carbocycles. The third-order valence-electron chi connectivity index (χ3n) is 2.48. The van der Waals surface area contributed by atoms with Crippen LogP contribution in [0.5, 0.6) is 0 Å². The van der Waals surface area contributed by atoms with Gasteiger partial charge in [-0.05, 0) is 25.1 Å². The Bertz CT molecular complexity index is 550. The van der Waals surface area contributed by atoms with E-state index < -0.39 is 0 Å². The molecular weight excluding hydrogens is 212 g/mol. The third-order valence-corrected chi connectivity index (χ3v) is 2.48. The van der Waals surface area contributed by atoms with Gasteiger partial charge in [0, 0.05) is 18.8 Å². The molecule has 0 bridgehead atoms. The average molecular weight is 226 g/mol. The fourth-order valence-corrected chi connectivity index (χ4v) is 1.50. The number of carbonyl (C=O) groups excluding carboxylic acids is 1. The maximum atomic E-state index is 11.8. The van der Waals surface area contributed by atoms with Crippen LogP contribution in [0.2, 0.25) is 0 Å². The summed E-state index contributed by atoms with van der Waals surface area (Å²) in [4.78, 5) is 11.8. The Morgan fingerprint density at radius 2 is 1.94 bits per heavy atom. The van der Waals surface area contributed by atoms with Crippen molar-refractivity contribution in [1.82, 2.24) is 9.78 Å². The van der Waals surface area contributed by atoms with Gasteiger partial charge in [0.25, 0.3) is 0 Å². The molecule has 2 aromatic rings. The van der Waals surface area contributed by atoms with Gasteiger partial charge in [-0.2, -0.15) is 5.10 Å². The second-order valence-electron chi connectivity index (χ2n) is 3.98. The predicted octanol–water partition coefficient (Wildman–Crippen LogP) is 2.62. The number of benzene rings is 1. The first-order chi connectivity index (χ1) is 8.15. The van der Waals surface area contributed by atoms with Gasteiger partial charge in [0.2, 0.25) is 0 Å². The maximum absolute atomic E-state index is 11.8. The normalized spacial score (nSPS) is 10.9. The van der Waals surface area contributed by atoms with E-state index in [2.05, 4.69) is 5.10 Å². The molecule has 0 saturated carbocycles. The highest BCUT2D eigenvalue weighted by molar-refractivity contribution is 6.06. The zero-order valence-electron chi connectivity index (χ0n) is 9.92. The van der Waals surface area contributed by atoms with Crippen LogP contribution in [0.3, 0.4) is 0 Å². The van der Waals surface area contributed by atoms with Crippen LogP contribution in [0, 0.1) is 6.92 Å². The summed E-state index contributed by atoms with van der Waals surface area (Å²) in [6.45, 7) is 2.00. The Morgan fingerprint density at radius 3 is 2.53 bits per heavy atom. The number of hydrogen-bond acceptors (Lipinski definition) is 2. The molecule has 3 heteroatoms. The van der Waals surface area contributed by atoms with Crippen LogP contribution < -0.4 is 0 Å². The lowest BCUT2D eigenvalue weighted by Gasteiger charge is -1.96. The summed E-state index contributed by atoms with van der Waals surface area (Å²) in [5.41, 5.74) is 2.63. The molecule has 0 unspecified atom stereocenters. The summed E-state index contributed by atoms with van der Waals surface area (Å²) in [6, 6.07) is 9.39. The number of hydrogen-bond donors (Lipinski definition) is 0. The molecule has 0 amide bonds. The van der Waals surface area contributed by atoms with Crippen LogP contribution in [0.25, 0.3) is 6.08 Å². The first kappa shape index (κ1) is 11.3. The molecule has 0 fully saturated rings. The number of carbonyl (C=O) groups is 1. The van der Waals surface area contributed by atoms with Gasteiger partial charge >= 0.3 is 0 Å². The van der Waals surface area contributed by atoms with Crippen molar-refractivity contribution in [2.45, 2.75) is 6.92 Å². The molecule has 1 aromatic carbocycles. The second-order valence-corrected chi connectivity index (χ2v) is 3.98. The Balaban J connectivity index is 2.11. The lowest BCUT2D eigenvalue weighted by atomic mass is 10.1. The zero-order valence-corrected chi connectivity index (χ0v) is 9.92. The van der Waals surface area contributed by atoms with Gasteiger partial charge in [-0.15, -0.1) is 0 Å². The summed E-state index contributed by atoms with van der Waals surface area (Å²) in [5.74, 6) is -0.00402. The summed E-state index contributed by atoms with van der Waals surface area (Å²) >= 11 is 0. The van der Waals surface area contributed by atoms with E-state index in [1.807, 2.05) is 50.5 Å². The van der Waals surface area contributed by atoms with Gasteiger partial charge in [0.1, 0.15) is 0 Å². The number of ketones is 1. The quantitative estimate of drug-likeness (QED) is 0.595. The molecule has 86 valence electrons. The number of nitrogens with zero attached hydrogens (tertiary/aromatic N) is 2. The SMILES string of the molecule is Cc1ccc(C(=O)C=Cc2ccn(C)n2)cc1. The van der Waals surface area contributed by atoms with Crippen LogP contribution in [-0.2, 0) is 7.05 Å². The smallest absolute Gasteiger partial charge is 0.185 e. The third kappa shape index (κ3) is 2.91. The number of aryl methyl sites for hydroxylation is 2. The molecule has 0 aliphatic heterocycles. The Kier molecular flexibility index (Phi) is 3.19. The molecule has 0 saturated heterocycles. The summed E-state index contributed by atoms with van der Waals surface area (Å²) in [7, 11) is 1.85. The topological polar surface area (TPSA) is 34.9 Å². The highest BCUT2D eigenvalue weighted by Crippen LogP contribution is 2.06. The van der Waals surface area contributed by atoms with Gasteiger partial charge in [-0.3, -0.25) is 9.48 Å². The van der Waals surface area contributed by atoms with Gasteiger partial charge in [-0.25, -0.2) is 0 Å². The molecule has 0 radical (unpaired) electrons. The Hall–Kier alpha value is -2.16. The lowest BCUT2D eigenvalue weighted by Crippen LogP contribution is -1.94. The fourth-order valence-electron chi connectivity index (χ4n) is 1.50. The Labute approximate surface area is 100 Å². The van der Waals surface area contributed by atoms with Gasteiger partial charge in [0.15, 0.2) is 5.78 Å². The zero-order chi connectivity index (χ0) is 12.3. The van der Waals surface area contributed by atoms with Crippen molar-refractivity contribution >= 4 is 11.9 Å². The van der Waals surface area contributed by atoms with E-state index in [0.717, 1.165) is 11.3 Å². The van der Waals surface area contributed by atoms with E-state index in [1.165, 1.54) is 0 Å². The maximum Gasteiger partial charge on any atom is 0.185 e. The van der Waals surface area contributed by atoms with Crippen LogP contribution in [0.1, 0.15) is 21.6 Å². The van der Waals surface area contributed by atoms with Crippen molar-refractivity contribution in [2.24, 2.45) is 7.05 Å². The molecule has 1 aromatic heterocycles. The largest absolute Gasteiger partial charge is 0.289 e. The molecule has 0 atom stereocenters. The van der Waals surface area contributed by atoms with E-state index in [9.17, 15) is 4.79 Å². The summed E-state index contributed by atoms with van der Waals surface area (Å²) < 4.78 is 1.70. The molecule has 2 rings (SSSR count). The van der Waals surface area contributed by atoms with Crippen LogP contribution in [0.4, 0.5) is 0 Å². The first-order valence-corrected chi connectivity index (χ1v) is 5.44. The van der Waals surface area contributed by atoms with Gasteiger partial charge < -0.3 is 0 Å². The molecule has 0 aliphatic rings. The minimum absolute atomic E-state index is 0.00402. The predicted molar refractivity (Wildman–Crippen MR) is 67.8 cm³/mol. The van der Waals surface area contributed by atoms with Crippen molar-refractivity contribution in [3.63, 3.8) is 0 Å². The minimum Gasteiger partial charge on any atom is -0.289 e. The molecule has 1 heterocycles. The van der Waals surface area contributed by atoms with E-state index in [1.54, 1.807) is 16.8 Å². The van der Waals surface area contributed by atoms with Crippen LogP contribution >= 0.6 is 0 Å². The fraction of sp³-hybridized carbons (Fsp3) is 0.143. The number of aromatic nitrogens is 2.